The van der Waals surface area contributed by atoms with E-state index in [-0.39, 0.29) is 6.10 Å². The number of hydrogen-bond donors (Lipinski definition) is 1. The molecular weight excluding hydrogens is 244 g/mol. The summed E-state index contributed by atoms with van der Waals surface area (Å²) in [5.41, 5.74) is 4.10. The minimum Gasteiger partial charge on any atom is -0.388 e. The summed E-state index contributed by atoms with van der Waals surface area (Å²) >= 11 is 0. The molecular formula is C19H22O. The number of hydrogen-bond acceptors (Lipinski definition) is 1. The van der Waals surface area contributed by atoms with Gasteiger partial charge in [-0.15, -0.1) is 0 Å². The van der Waals surface area contributed by atoms with Crippen molar-refractivity contribution in [1.82, 2.24) is 0 Å². The van der Waals surface area contributed by atoms with Crippen molar-refractivity contribution in [2.75, 3.05) is 0 Å². The first-order valence-electron chi connectivity index (χ1n) is 8.06. The molecule has 1 saturated carbocycles. The van der Waals surface area contributed by atoms with Crippen LogP contribution in [-0.4, -0.2) is 5.11 Å². The highest BCUT2D eigenvalue weighted by molar-refractivity contribution is 5.93. The Hall–Kier alpha value is -1.34. The quantitative estimate of drug-likeness (QED) is 0.845. The van der Waals surface area contributed by atoms with E-state index in [1.807, 2.05) is 0 Å². The lowest BCUT2D eigenvalue weighted by atomic mass is 9.81. The molecule has 2 aliphatic carbocycles. The summed E-state index contributed by atoms with van der Waals surface area (Å²) in [7, 11) is 0. The second kappa shape index (κ2) is 4.89. The van der Waals surface area contributed by atoms with E-state index in [4.69, 9.17) is 0 Å². The molecule has 0 heterocycles. The van der Waals surface area contributed by atoms with E-state index in [0.717, 1.165) is 12.8 Å². The summed E-state index contributed by atoms with van der Waals surface area (Å²) in [6, 6.07) is 11.0. The van der Waals surface area contributed by atoms with Gasteiger partial charge in [0, 0.05) is 0 Å². The fraction of sp³-hybridized carbons (Fsp3) is 0.474. The van der Waals surface area contributed by atoms with Gasteiger partial charge in [-0.25, -0.2) is 0 Å². The maximum absolute atomic E-state index is 10.8. The molecule has 0 aliphatic heterocycles. The van der Waals surface area contributed by atoms with Crippen LogP contribution >= 0.6 is 0 Å². The van der Waals surface area contributed by atoms with Gasteiger partial charge in [-0.05, 0) is 59.1 Å². The first-order valence-corrected chi connectivity index (χ1v) is 8.06. The van der Waals surface area contributed by atoms with Gasteiger partial charge in [-0.3, -0.25) is 0 Å². The van der Waals surface area contributed by atoms with Gasteiger partial charge < -0.3 is 5.11 Å². The van der Waals surface area contributed by atoms with Gasteiger partial charge in [-0.1, -0.05) is 49.6 Å². The molecule has 0 bridgehead atoms. The molecule has 2 aliphatic rings. The second-order valence-electron chi connectivity index (χ2n) is 6.50. The molecule has 1 nitrogen and oxygen atoms in total. The summed E-state index contributed by atoms with van der Waals surface area (Å²) in [6.45, 7) is 0. The molecule has 1 atom stereocenters. The number of benzene rings is 2. The molecule has 1 fully saturated rings. The molecule has 2 aromatic rings. The summed E-state index contributed by atoms with van der Waals surface area (Å²) in [4.78, 5) is 0. The lowest BCUT2D eigenvalue weighted by molar-refractivity contribution is 0.0861. The van der Waals surface area contributed by atoms with Crippen LogP contribution in [0.2, 0.25) is 0 Å². The Kier molecular flexibility index (Phi) is 3.03. The van der Waals surface area contributed by atoms with Crippen LogP contribution in [0, 0.1) is 5.92 Å². The summed E-state index contributed by atoms with van der Waals surface area (Å²) in [5, 5.41) is 13.6. The number of aliphatic hydroxyl groups is 1. The Morgan fingerprint density at radius 1 is 0.900 bits per heavy atom. The van der Waals surface area contributed by atoms with Crippen molar-refractivity contribution in [1.29, 1.82) is 0 Å². The zero-order valence-corrected chi connectivity index (χ0v) is 11.9. The number of aliphatic hydroxyl groups excluding tert-OH is 1. The third kappa shape index (κ3) is 1.88. The van der Waals surface area contributed by atoms with Crippen molar-refractivity contribution < 1.29 is 5.11 Å². The first-order chi connectivity index (χ1) is 9.84. The average molecular weight is 266 g/mol. The van der Waals surface area contributed by atoms with E-state index < -0.39 is 0 Å². The highest BCUT2D eigenvalue weighted by Gasteiger charge is 2.26. The van der Waals surface area contributed by atoms with E-state index in [0.29, 0.717) is 5.92 Å². The second-order valence-corrected chi connectivity index (χ2v) is 6.50. The van der Waals surface area contributed by atoms with E-state index in [2.05, 4.69) is 30.3 Å². The molecule has 0 amide bonds. The van der Waals surface area contributed by atoms with Crippen LogP contribution in [0.5, 0.6) is 0 Å². The van der Waals surface area contributed by atoms with Gasteiger partial charge >= 0.3 is 0 Å². The summed E-state index contributed by atoms with van der Waals surface area (Å²) in [5.74, 6) is 0.460. The molecule has 20 heavy (non-hydrogen) atoms. The van der Waals surface area contributed by atoms with Crippen LogP contribution in [0.25, 0.3) is 10.8 Å². The Labute approximate surface area is 120 Å². The van der Waals surface area contributed by atoms with E-state index in [1.54, 1.807) is 0 Å². The van der Waals surface area contributed by atoms with Gasteiger partial charge in [0.25, 0.3) is 0 Å². The maximum atomic E-state index is 10.8. The lowest BCUT2D eigenvalue weighted by Gasteiger charge is -2.27. The van der Waals surface area contributed by atoms with Crippen LogP contribution in [0.1, 0.15) is 54.9 Å². The smallest absolute Gasteiger partial charge is 0.0824 e. The van der Waals surface area contributed by atoms with Crippen molar-refractivity contribution in [2.24, 2.45) is 5.92 Å². The topological polar surface area (TPSA) is 20.2 Å². The van der Waals surface area contributed by atoms with Crippen molar-refractivity contribution in [2.45, 2.75) is 51.0 Å². The van der Waals surface area contributed by atoms with Crippen molar-refractivity contribution >= 4 is 10.8 Å². The predicted molar refractivity (Wildman–Crippen MR) is 82.9 cm³/mol. The minimum atomic E-state index is -0.278. The molecule has 1 heteroatoms. The number of aryl methyl sites for hydroxylation is 2. The van der Waals surface area contributed by atoms with Crippen LogP contribution < -0.4 is 0 Å². The molecule has 4 rings (SSSR count). The first kappa shape index (κ1) is 12.4. The van der Waals surface area contributed by atoms with E-state index in [9.17, 15) is 5.11 Å². The molecule has 2 aromatic carbocycles. The Balaban J connectivity index is 1.80. The molecule has 104 valence electrons. The average Bonchev–Trinajstić information content (AvgIpc) is 2.93. The van der Waals surface area contributed by atoms with Crippen molar-refractivity contribution in [3.05, 3.63) is 47.0 Å². The zero-order chi connectivity index (χ0) is 13.5. The fourth-order valence-electron chi connectivity index (χ4n) is 4.23. The Morgan fingerprint density at radius 3 is 2.45 bits per heavy atom. The normalized spacial score (nSPS) is 20.4. The third-order valence-corrected chi connectivity index (χ3v) is 5.33. The van der Waals surface area contributed by atoms with Gasteiger partial charge in [0.15, 0.2) is 0 Å². The summed E-state index contributed by atoms with van der Waals surface area (Å²) in [6.07, 6.45) is 8.32. The summed E-state index contributed by atoms with van der Waals surface area (Å²) < 4.78 is 0. The number of rotatable bonds is 2. The monoisotopic (exact) mass is 266 g/mol. The fourth-order valence-corrected chi connectivity index (χ4v) is 4.23. The molecule has 0 spiro atoms. The Bertz CT molecular complexity index is 627. The van der Waals surface area contributed by atoms with Gasteiger partial charge in [0.05, 0.1) is 6.10 Å². The van der Waals surface area contributed by atoms with Crippen LogP contribution in [-0.2, 0) is 12.8 Å². The van der Waals surface area contributed by atoms with Crippen LogP contribution in [0.15, 0.2) is 30.3 Å². The van der Waals surface area contributed by atoms with Gasteiger partial charge in [0.1, 0.15) is 0 Å². The molecule has 0 saturated heterocycles. The molecule has 0 radical (unpaired) electrons. The Morgan fingerprint density at radius 2 is 1.65 bits per heavy atom. The van der Waals surface area contributed by atoms with Crippen molar-refractivity contribution in [3.8, 4) is 0 Å². The third-order valence-electron chi connectivity index (χ3n) is 5.33. The predicted octanol–water partition coefficient (Wildman–Crippen LogP) is 4.55. The van der Waals surface area contributed by atoms with Crippen LogP contribution in [0.3, 0.4) is 0 Å². The zero-order valence-electron chi connectivity index (χ0n) is 11.9. The highest BCUT2D eigenvalue weighted by atomic mass is 16.3. The van der Waals surface area contributed by atoms with Crippen LogP contribution in [0.4, 0.5) is 0 Å². The SMILES string of the molecule is OC(c1ccc2c3c(cccc13)CC2)C1CCCCC1. The molecule has 0 aromatic heterocycles. The minimum absolute atomic E-state index is 0.278. The van der Waals surface area contributed by atoms with Gasteiger partial charge in [0.2, 0.25) is 0 Å². The largest absolute Gasteiger partial charge is 0.388 e. The standard InChI is InChI=1S/C19H22O/c20-19(15-5-2-1-3-6-15)17-12-11-14-10-9-13-7-4-8-16(17)18(13)14/h4,7-8,11-12,15,19-20H,1-3,5-6,9-10H2. The lowest BCUT2D eigenvalue weighted by Crippen LogP contribution is -2.16. The van der Waals surface area contributed by atoms with E-state index in [1.165, 1.54) is 59.6 Å². The van der Waals surface area contributed by atoms with E-state index >= 15 is 0 Å². The highest BCUT2D eigenvalue weighted by Crippen LogP contribution is 2.40. The molecule has 1 unspecified atom stereocenters. The molecule has 1 N–H and O–H groups in total. The maximum Gasteiger partial charge on any atom is 0.0824 e. The van der Waals surface area contributed by atoms with Gasteiger partial charge in [-0.2, -0.15) is 0 Å². The van der Waals surface area contributed by atoms with Crippen molar-refractivity contribution in [3.63, 3.8) is 0 Å².